The van der Waals surface area contributed by atoms with E-state index >= 15 is 0 Å². The van der Waals surface area contributed by atoms with Gasteiger partial charge >= 0.3 is 5.97 Å². The quantitative estimate of drug-likeness (QED) is 0.675. The van der Waals surface area contributed by atoms with E-state index in [0.29, 0.717) is 11.1 Å². The molecule has 0 fully saturated rings. The number of carbonyl (C=O) groups excluding carboxylic acids is 1. The van der Waals surface area contributed by atoms with Gasteiger partial charge in [0.05, 0.1) is 0 Å². The fraction of sp³-hybridized carbons (Fsp3) is 0.750. The molecule has 0 aromatic carbocycles. The summed E-state index contributed by atoms with van der Waals surface area (Å²) in [6.45, 7) is 11.3. The molecule has 6 nitrogen and oxygen atoms in total. The molecule has 0 saturated carbocycles. The third-order valence-electron chi connectivity index (χ3n) is 2.23. The summed E-state index contributed by atoms with van der Waals surface area (Å²) >= 11 is 1.30. The second-order valence-corrected chi connectivity index (χ2v) is 6.91. The van der Waals surface area contributed by atoms with Crippen LogP contribution < -0.4 is 5.73 Å². The van der Waals surface area contributed by atoms with Crippen molar-refractivity contribution in [3.8, 4) is 0 Å². The molecule has 0 aliphatic heterocycles. The van der Waals surface area contributed by atoms with Gasteiger partial charge in [-0.25, -0.2) is 0 Å². The highest BCUT2D eigenvalue weighted by Gasteiger charge is 2.25. The summed E-state index contributed by atoms with van der Waals surface area (Å²) in [4.78, 5) is 11.9. The Bertz CT molecular complexity index is 451. The minimum absolute atomic E-state index is 0.142. The third kappa shape index (κ3) is 4.41. The van der Waals surface area contributed by atoms with E-state index in [0.717, 1.165) is 0 Å². The monoisotopic (exact) mass is 286 g/mol. The Morgan fingerprint density at radius 2 is 1.89 bits per heavy atom. The highest BCUT2D eigenvalue weighted by Crippen LogP contribution is 2.27. The summed E-state index contributed by atoms with van der Waals surface area (Å²) in [5, 5.41) is 8.11. The van der Waals surface area contributed by atoms with Crippen molar-refractivity contribution in [2.45, 2.75) is 63.6 Å². The van der Waals surface area contributed by atoms with E-state index in [-0.39, 0.29) is 17.3 Å². The van der Waals surface area contributed by atoms with Gasteiger partial charge in [-0.3, -0.25) is 9.36 Å². The van der Waals surface area contributed by atoms with Gasteiger partial charge in [-0.05, 0) is 41.5 Å². The first-order chi connectivity index (χ1) is 8.61. The summed E-state index contributed by atoms with van der Waals surface area (Å²) in [5.41, 5.74) is 5.27. The van der Waals surface area contributed by atoms with Gasteiger partial charge < -0.3 is 10.5 Å². The number of nitrogens with two attached hydrogens (primary N) is 1. The van der Waals surface area contributed by atoms with Crippen LogP contribution in [0.3, 0.4) is 0 Å². The molecule has 0 aliphatic carbocycles. The summed E-state index contributed by atoms with van der Waals surface area (Å²) in [7, 11) is 0. The fourth-order valence-corrected chi connectivity index (χ4v) is 2.41. The zero-order chi connectivity index (χ0) is 14.8. The lowest BCUT2D eigenvalue weighted by Crippen LogP contribution is -2.29. The second kappa shape index (κ2) is 5.81. The molecular weight excluding hydrogens is 264 g/mol. The molecule has 7 heteroatoms. The van der Waals surface area contributed by atoms with E-state index in [1.807, 2.05) is 34.6 Å². The van der Waals surface area contributed by atoms with Crippen molar-refractivity contribution in [3.05, 3.63) is 0 Å². The molecule has 0 saturated heterocycles. The lowest BCUT2D eigenvalue weighted by Gasteiger charge is -2.22. The average molecular weight is 286 g/mol. The molecule has 1 heterocycles. The number of nitrogens with zero attached hydrogens (tertiary/aromatic N) is 3. The molecule has 0 spiro atoms. The molecule has 108 valence electrons. The van der Waals surface area contributed by atoms with Gasteiger partial charge in [0.25, 0.3) is 0 Å². The number of ether oxygens (including phenoxy) is 1. The van der Waals surface area contributed by atoms with Crippen molar-refractivity contribution in [2.75, 3.05) is 5.73 Å². The van der Waals surface area contributed by atoms with Crippen LogP contribution in [0.5, 0.6) is 0 Å². The molecule has 0 radical (unpaired) electrons. The molecular formula is C12H22N4O2S. The maximum atomic E-state index is 11.9. The Kier molecular flexibility index (Phi) is 4.84. The Labute approximate surface area is 118 Å². The van der Waals surface area contributed by atoms with Crippen LogP contribution in [0.1, 0.15) is 47.6 Å². The lowest BCUT2D eigenvalue weighted by atomic mass is 10.2. The van der Waals surface area contributed by atoms with Gasteiger partial charge in [0, 0.05) is 6.04 Å². The van der Waals surface area contributed by atoms with E-state index < -0.39 is 5.60 Å². The molecule has 2 N–H and O–H groups in total. The van der Waals surface area contributed by atoms with Gasteiger partial charge in [-0.2, -0.15) is 0 Å². The molecule has 1 aromatic rings. The van der Waals surface area contributed by atoms with Gasteiger partial charge in [0.2, 0.25) is 5.95 Å². The van der Waals surface area contributed by atoms with Crippen molar-refractivity contribution >= 4 is 23.7 Å². The molecule has 1 unspecified atom stereocenters. The Hall–Kier alpha value is -1.24. The van der Waals surface area contributed by atoms with E-state index in [1.165, 1.54) is 11.8 Å². The highest BCUT2D eigenvalue weighted by molar-refractivity contribution is 8.00. The van der Waals surface area contributed by atoms with Crippen LogP contribution in [-0.2, 0) is 9.53 Å². The second-order valence-electron chi connectivity index (χ2n) is 5.60. The molecule has 0 bridgehead atoms. The van der Waals surface area contributed by atoms with E-state index in [4.69, 9.17) is 10.5 Å². The van der Waals surface area contributed by atoms with Crippen LogP contribution in [0.15, 0.2) is 5.16 Å². The van der Waals surface area contributed by atoms with Crippen LogP contribution in [0, 0.1) is 0 Å². The first-order valence-electron chi connectivity index (χ1n) is 6.21. The fourth-order valence-electron chi connectivity index (χ4n) is 1.45. The minimum atomic E-state index is -0.489. The Morgan fingerprint density at radius 1 is 1.32 bits per heavy atom. The number of anilines is 1. The van der Waals surface area contributed by atoms with Crippen LogP contribution in [0.4, 0.5) is 5.95 Å². The molecule has 1 atom stereocenters. The summed E-state index contributed by atoms with van der Waals surface area (Å²) in [6.07, 6.45) is 0. The maximum Gasteiger partial charge on any atom is 0.319 e. The van der Waals surface area contributed by atoms with Gasteiger partial charge in [-0.15, -0.1) is 10.2 Å². The summed E-state index contributed by atoms with van der Waals surface area (Å²) < 4.78 is 7.13. The van der Waals surface area contributed by atoms with Crippen molar-refractivity contribution in [1.82, 2.24) is 14.8 Å². The first kappa shape index (κ1) is 15.8. The number of carbonyl (C=O) groups is 1. The molecule has 0 aliphatic rings. The van der Waals surface area contributed by atoms with E-state index in [2.05, 4.69) is 10.2 Å². The third-order valence-corrected chi connectivity index (χ3v) is 3.26. The van der Waals surface area contributed by atoms with Crippen molar-refractivity contribution < 1.29 is 9.53 Å². The molecule has 1 aromatic heterocycles. The first-order valence-corrected chi connectivity index (χ1v) is 7.09. The lowest BCUT2D eigenvalue weighted by molar-refractivity contribution is -0.153. The smallest absolute Gasteiger partial charge is 0.319 e. The number of esters is 1. The molecule has 1 rings (SSSR count). The standard InChI is InChI=1S/C12H22N4O2S/c1-7(2)16-10(13)14-15-11(16)19-8(3)9(17)18-12(4,5)6/h7-8H,1-6H3,(H2,13,14). The topological polar surface area (TPSA) is 83.0 Å². The molecule has 19 heavy (non-hydrogen) atoms. The number of thioether (sulfide) groups is 1. The minimum Gasteiger partial charge on any atom is -0.459 e. The number of rotatable bonds is 4. The van der Waals surface area contributed by atoms with Crippen molar-refractivity contribution in [2.24, 2.45) is 0 Å². The van der Waals surface area contributed by atoms with E-state index in [9.17, 15) is 4.79 Å². The Balaban J connectivity index is 2.77. The van der Waals surface area contributed by atoms with Crippen LogP contribution in [-0.4, -0.2) is 31.6 Å². The number of hydrogen-bond donors (Lipinski definition) is 1. The summed E-state index contributed by atoms with van der Waals surface area (Å²) in [5.74, 6) is 0.0864. The zero-order valence-electron chi connectivity index (χ0n) is 12.3. The highest BCUT2D eigenvalue weighted by atomic mass is 32.2. The van der Waals surface area contributed by atoms with Crippen LogP contribution >= 0.6 is 11.8 Å². The van der Waals surface area contributed by atoms with Crippen molar-refractivity contribution in [1.29, 1.82) is 0 Å². The maximum absolute atomic E-state index is 11.9. The zero-order valence-corrected chi connectivity index (χ0v) is 13.1. The summed E-state index contributed by atoms with van der Waals surface area (Å²) in [6, 6.07) is 0.142. The van der Waals surface area contributed by atoms with Crippen LogP contribution in [0.2, 0.25) is 0 Å². The van der Waals surface area contributed by atoms with Gasteiger partial charge in [0.15, 0.2) is 5.16 Å². The van der Waals surface area contributed by atoms with Crippen molar-refractivity contribution in [3.63, 3.8) is 0 Å². The number of nitrogen functional groups attached to an aromatic ring is 1. The van der Waals surface area contributed by atoms with Gasteiger partial charge in [0.1, 0.15) is 10.9 Å². The predicted octanol–water partition coefficient (Wildman–Crippen LogP) is 2.26. The number of aromatic nitrogens is 3. The number of hydrogen-bond acceptors (Lipinski definition) is 6. The Morgan fingerprint density at radius 3 is 2.37 bits per heavy atom. The van der Waals surface area contributed by atoms with Crippen LogP contribution in [0.25, 0.3) is 0 Å². The SMILES string of the molecule is CC(Sc1nnc(N)n1C(C)C)C(=O)OC(C)(C)C. The largest absolute Gasteiger partial charge is 0.459 e. The average Bonchev–Trinajstić information content (AvgIpc) is 2.57. The van der Waals surface area contributed by atoms with Gasteiger partial charge in [-0.1, -0.05) is 11.8 Å². The molecule has 0 amide bonds. The predicted molar refractivity (Wildman–Crippen MR) is 76.0 cm³/mol. The normalized spacial score (nSPS) is 13.6. The van der Waals surface area contributed by atoms with E-state index in [1.54, 1.807) is 11.5 Å².